The third-order valence-corrected chi connectivity index (χ3v) is 3.29. The molecule has 1 heterocycles. The van der Waals surface area contributed by atoms with Gasteiger partial charge in [0.25, 0.3) is 0 Å². The second-order valence-corrected chi connectivity index (χ2v) is 4.95. The molecule has 0 aliphatic rings. The number of hydrogen-bond acceptors (Lipinski definition) is 4. The van der Waals surface area contributed by atoms with E-state index in [9.17, 15) is 5.26 Å². The zero-order valence-electron chi connectivity index (χ0n) is 12.5. The van der Waals surface area contributed by atoms with Gasteiger partial charge in [0.2, 0.25) is 0 Å². The molecule has 19 heavy (non-hydrogen) atoms. The van der Waals surface area contributed by atoms with Crippen LogP contribution >= 0.6 is 0 Å². The van der Waals surface area contributed by atoms with Crippen LogP contribution in [0.15, 0.2) is 0 Å². The Morgan fingerprint density at radius 2 is 2.05 bits per heavy atom. The fraction of sp³-hybridized carbons (Fsp3) is 0.786. The van der Waals surface area contributed by atoms with Crippen molar-refractivity contribution in [1.82, 2.24) is 20.1 Å². The van der Waals surface area contributed by atoms with Gasteiger partial charge in [0, 0.05) is 19.4 Å². The average Bonchev–Trinajstić information content (AvgIpc) is 2.81. The Bertz CT molecular complexity index is 432. The topological polar surface area (TPSA) is 66.5 Å². The van der Waals surface area contributed by atoms with Crippen LogP contribution in [-0.2, 0) is 19.4 Å². The lowest BCUT2D eigenvalue weighted by molar-refractivity contribution is 0.394. The number of rotatable bonds is 8. The Morgan fingerprint density at radius 3 is 2.58 bits per heavy atom. The number of nitrogens with one attached hydrogen (secondary N) is 1. The molecule has 1 aromatic heterocycles. The van der Waals surface area contributed by atoms with E-state index in [1.54, 1.807) is 0 Å². The average molecular weight is 263 g/mol. The van der Waals surface area contributed by atoms with E-state index in [1.807, 2.05) is 18.5 Å². The first-order valence-electron chi connectivity index (χ1n) is 7.17. The van der Waals surface area contributed by atoms with Crippen molar-refractivity contribution in [2.45, 2.75) is 65.5 Å². The molecule has 0 amide bonds. The molecule has 0 spiro atoms. The molecule has 1 aromatic rings. The smallest absolute Gasteiger partial charge is 0.150 e. The number of hydrogen-bond donors (Lipinski definition) is 1. The lowest BCUT2D eigenvalue weighted by Crippen LogP contribution is -2.40. The van der Waals surface area contributed by atoms with E-state index in [0.717, 1.165) is 50.4 Å². The van der Waals surface area contributed by atoms with E-state index in [-0.39, 0.29) is 0 Å². The minimum atomic E-state index is -0.435. The summed E-state index contributed by atoms with van der Waals surface area (Å²) in [5.41, 5.74) is -0.435. The molecule has 0 fully saturated rings. The fourth-order valence-corrected chi connectivity index (χ4v) is 2.17. The minimum Gasteiger partial charge on any atom is -0.300 e. The predicted molar refractivity (Wildman–Crippen MR) is 75.7 cm³/mol. The molecule has 0 aromatic carbocycles. The van der Waals surface area contributed by atoms with E-state index >= 15 is 0 Å². The first-order chi connectivity index (χ1) is 9.08. The van der Waals surface area contributed by atoms with E-state index in [0.29, 0.717) is 0 Å². The van der Waals surface area contributed by atoms with Gasteiger partial charge in [-0.1, -0.05) is 20.8 Å². The van der Waals surface area contributed by atoms with Gasteiger partial charge >= 0.3 is 0 Å². The molecule has 5 nitrogen and oxygen atoms in total. The van der Waals surface area contributed by atoms with Gasteiger partial charge in [0.05, 0.1) is 6.07 Å². The van der Waals surface area contributed by atoms with E-state index in [2.05, 4.69) is 35.3 Å². The van der Waals surface area contributed by atoms with Crippen LogP contribution in [0.2, 0.25) is 0 Å². The summed E-state index contributed by atoms with van der Waals surface area (Å²) in [4.78, 5) is 4.49. The number of nitrogens with zero attached hydrogens (tertiary/aromatic N) is 4. The largest absolute Gasteiger partial charge is 0.300 e. The molecule has 1 rings (SSSR count). The van der Waals surface area contributed by atoms with Gasteiger partial charge in [-0.05, 0) is 26.3 Å². The molecule has 0 aliphatic carbocycles. The van der Waals surface area contributed by atoms with Crippen LogP contribution in [-0.4, -0.2) is 26.8 Å². The van der Waals surface area contributed by atoms with Crippen molar-refractivity contribution in [2.24, 2.45) is 0 Å². The third kappa shape index (κ3) is 4.32. The van der Waals surface area contributed by atoms with Crippen LogP contribution in [0.25, 0.3) is 0 Å². The Hall–Kier alpha value is -1.41. The summed E-state index contributed by atoms with van der Waals surface area (Å²) in [7, 11) is 0. The van der Waals surface area contributed by atoms with Crippen molar-refractivity contribution in [3.05, 3.63) is 11.6 Å². The molecule has 1 N–H and O–H groups in total. The van der Waals surface area contributed by atoms with Gasteiger partial charge in [0.1, 0.15) is 11.4 Å². The van der Waals surface area contributed by atoms with Crippen molar-refractivity contribution in [1.29, 1.82) is 5.26 Å². The van der Waals surface area contributed by atoms with Gasteiger partial charge < -0.3 is 0 Å². The fourth-order valence-electron chi connectivity index (χ4n) is 2.17. The molecule has 1 unspecified atom stereocenters. The Labute approximate surface area is 116 Å². The predicted octanol–water partition coefficient (Wildman–Crippen LogP) is 2.07. The maximum atomic E-state index is 9.21. The summed E-state index contributed by atoms with van der Waals surface area (Å²) in [5, 5.41) is 16.9. The van der Waals surface area contributed by atoms with Crippen molar-refractivity contribution in [3.63, 3.8) is 0 Å². The van der Waals surface area contributed by atoms with Gasteiger partial charge in [-0.25, -0.2) is 9.67 Å². The summed E-state index contributed by atoms with van der Waals surface area (Å²) >= 11 is 0. The maximum absolute atomic E-state index is 9.21. The normalized spacial score (nSPS) is 14.1. The standard InChI is InChI=1S/C14H25N5/c1-5-12-17-13(6-2)19(18-12)10-8-9-14(4,11-15)16-7-3/h16H,5-10H2,1-4H3. The number of aromatic nitrogens is 3. The lowest BCUT2D eigenvalue weighted by atomic mass is 9.98. The Kier molecular flexibility index (Phi) is 5.97. The van der Waals surface area contributed by atoms with Crippen molar-refractivity contribution < 1.29 is 0 Å². The number of nitriles is 1. The number of aryl methyl sites for hydroxylation is 3. The second kappa shape index (κ2) is 7.25. The van der Waals surface area contributed by atoms with Crippen molar-refractivity contribution in [3.8, 4) is 6.07 Å². The zero-order chi connectivity index (χ0) is 14.3. The van der Waals surface area contributed by atoms with Gasteiger partial charge in [-0.3, -0.25) is 5.32 Å². The molecular weight excluding hydrogens is 238 g/mol. The summed E-state index contributed by atoms with van der Waals surface area (Å²) < 4.78 is 1.99. The minimum absolute atomic E-state index is 0.435. The Balaban J connectivity index is 2.57. The highest BCUT2D eigenvalue weighted by Gasteiger charge is 2.21. The van der Waals surface area contributed by atoms with Crippen molar-refractivity contribution in [2.75, 3.05) is 6.54 Å². The van der Waals surface area contributed by atoms with Crippen LogP contribution in [0.1, 0.15) is 52.2 Å². The maximum Gasteiger partial charge on any atom is 0.150 e. The molecule has 0 saturated heterocycles. The van der Waals surface area contributed by atoms with Gasteiger partial charge in [-0.15, -0.1) is 0 Å². The van der Waals surface area contributed by atoms with Crippen molar-refractivity contribution >= 4 is 0 Å². The summed E-state index contributed by atoms with van der Waals surface area (Å²) in [5.74, 6) is 1.95. The highest BCUT2D eigenvalue weighted by Crippen LogP contribution is 2.12. The molecule has 0 aliphatic heterocycles. The van der Waals surface area contributed by atoms with Crippen LogP contribution in [0.3, 0.4) is 0 Å². The second-order valence-electron chi connectivity index (χ2n) is 4.95. The zero-order valence-corrected chi connectivity index (χ0v) is 12.5. The lowest BCUT2D eigenvalue weighted by Gasteiger charge is -2.22. The molecule has 1 atom stereocenters. The third-order valence-electron chi connectivity index (χ3n) is 3.29. The first-order valence-corrected chi connectivity index (χ1v) is 7.17. The van der Waals surface area contributed by atoms with Crippen LogP contribution in [0, 0.1) is 11.3 Å². The van der Waals surface area contributed by atoms with Crippen LogP contribution in [0.5, 0.6) is 0 Å². The molecule has 0 saturated carbocycles. The summed E-state index contributed by atoms with van der Waals surface area (Å²) in [6.45, 7) is 9.78. The van der Waals surface area contributed by atoms with E-state index < -0.39 is 5.54 Å². The molecule has 0 bridgehead atoms. The van der Waals surface area contributed by atoms with E-state index in [4.69, 9.17) is 0 Å². The summed E-state index contributed by atoms with van der Waals surface area (Å²) in [6, 6.07) is 2.35. The first kappa shape index (κ1) is 15.6. The molecule has 5 heteroatoms. The van der Waals surface area contributed by atoms with Gasteiger partial charge in [-0.2, -0.15) is 10.4 Å². The summed E-state index contributed by atoms with van der Waals surface area (Å²) in [6.07, 6.45) is 3.52. The van der Waals surface area contributed by atoms with Crippen LogP contribution < -0.4 is 5.32 Å². The monoisotopic (exact) mass is 263 g/mol. The van der Waals surface area contributed by atoms with Gasteiger partial charge in [0.15, 0.2) is 5.82 Å². The Morgan fingerprint density at radius 1 is 1.32 bits per heavy atom. The quantitative estimate of drug-likeness (QED) is 0.779. The highest BCUT2D eigenvalue weighted by molar-refractivity contribution is 5.03. The van der Waals surface area contributed by atoms with Crippen LogP contribution in [0.4, 0.5) is 0 Å². The molecule has 0 radical (unpaired) electrons. The molecular formula is C14H25N5. The SMILES string of the molecule is CCNC(C)(C#N)CCCn1nc(CC)nc1CC. The molecule has 106 valence electrons. The van der Waals surface area contributed by atoms with E-state index in [1.165, 1.54) is 0 Å². The highest BCUT2D eigenvalue weighted by atomic mass is 15.3.